The zero-order valence-electron chi connectivity index (χ0n) is 16.5. The lowest BCUT2D eigenvalue weighted by Gasteiger charge is -2.41. The fourth-order valence-corrected chi connectivity index (χ4v) is 3.92. The van der Waals surface area contributed by atoms with Gasteiger partial charge in [0.15, 0.2) is 0 Å². The molecule has 1 unspecified atom stereocenters. The number of hydrogen-bond donors (Lipinski definition) is 1. The standard InChI is InChI=1S/C21H32N2O3/c1-5-6-12-23-16(3)8-7-9-19(23)21(26)22(4)18-11-10-15(2)13-17(18)14-20(24)25/h10-11,13,16,19H,5-9,12,14H2,1-4H3,(H,24,25)/t16?,19-/m0/s1. The molecule has 1 N–H and O–H groups in total. The third-order valence-electron chi connectivity index (χ3n) is 5.39. The Kier molecular flexibility index (Phi) is 7.21. The summed E-state index contributed by atoms with van der Waals surface area (Å²) in [6.07, 6.45) is 5.19. The Hall–Kier alpha value is -1.88. The minimum Gasteiger partial charge on any atom is -0.481 e. The highest BCUT2D eigenvalue weighted by atomic mass is 16.4. The van der Waals surface area contributed by atoms with Crippen LogP contribution in [0.4, 0.5) is 5.69 Å². The fraction of sp³-hybridized carbons (Fsp3) is 0.619. The minimum atomic E-state index is -0.881. The maximum absolute atomic E-state index is 13.3. The molecule has 1 aromatic rings. The van der Waals surface area contributed by atoms with Gasteiger partial charge in [-0.3, -0.25) is 14.5 Å². The van der Waals surface area contributed by atoms with Crippen LogP contribution < -0.4 is 4.90 Å². The summed E-state index contributed by atoms with van der Waals surface area (Å²) in [5.41, 5.74) is 2.40. The summed E-state index contributed by atoms with van der Waals surface area (Å²) in [4.78, 5) is 28.5. The van der Waals surface area contributed by atoms with Crippen LogP contribution in [0.5, 0.6) is 0 Å². The topological polar surface area (TPSA) is 60.9 Å². The van der Waals surface area contributed by atoms with Crippen molar-refractivity contribution in [3.8, 4) is 0 Å². The van der Waals surface area contributed by atoms with E-state index in [1.54, 1.807) is 11.9 Å². The van der Waals surface area contributed by atoms with Gasteiger partial charge in [-0.2, -0.15) is 0 Å². The molecular weight excluding hydrogens is 328 g/mol. The van der Waals surface area contributed by atoms with Crippen molar-refractivity contribution in [1.82, 2.24) is 4.90 Å². The number of carbonyl (C=O) groups is 2. The first kappa shape index (κ1) is 20.4. The predicted molar refractivity (Wildman–Crippen MR) is 105 cm³/mol. The number of benzene rings is 1. The van der Waals surface area contributed by atoms with E-state index in [0.717, 1.165) is 44.2 Å². The maximum Gasteiger partial charge on any atom is 0.307 e. The van der Waals surface area contributed by atoms with Crippen molar-refractivity contribution in [1.29, 1.82) is 0 Å². The van der Waals surface area contributed by atoms with Crippen molar-refractivity contribution >= 4 is 17.6 Å². The van der Waals surface area contributed by atoms with Crippen LogP contribution >= 0.6 is 0 Å². The third-order valence-corrected chi connectivity index (χ3v) is 5.39. The van der Waals surface area contributed by atoms with Gasteiger partial charge in [-0.1, -0.05) is 31.0 Å². The van der Waals surface area contributed by atoms with Crippen LogP contribution in [0.3, 0.4) is 0 Å². The largest absolute Gasteiger partial charge is 0.481 e. The smallest absolute Gasteiger partial charge is 0.307 e. The van der Waals surface area contributed by atoms with Crippen LogP contribution in [0.25, 0.3) is 0 Å². The molecule has 0 radical (unpaired) electrons. The molecule has 1 heterocycles. The molecule has 1 aliphatic rings. The van der Waals surface area contributed by atoms with Gasteiger partial charge >= 0.3 is 5.97 Å². The van der Waals surface area contributed by atoms with Crippen molar-refractivity contribution in [2.75, 3.05) is 18.5 Å². The number of carboxylic acids is 1. The van der Waals surface area contributed by atoms with Gasteiger partial charge in [-0.05, 0) is 57.7 Å². The lowest BCUT2D eigenvalue weighted by Crippen LogP contribution is -2.53. The molecule has 0 aliphatic carbocycles. The first-order valence-corrected chi connectivity index (χ1v) is 9.69. The molecule has 0 spiro atoms. The summed E-state index contributed by atoms with van der Waals surface area (Å²) < 4.78 is 0. The summed E-state index contributed by atoms with van der Waals surface area (Å²) in [6.45, 7) is 7.25. The van der Waals surface area contributed by atoms with Crippen molar-refractivity contribution in [3.05, 3.63) is 29.3 Å². The number of likely N-dealkylation sites (tertiary alicyclic amines) is 1. The van der Waals surface area contributed by atoms with Crippen LogP contribution in [-0.4, -0.2) is 47.6 Å². The number of carboxylic acid groups (broad SMARTS) is 1. The molecule has 2 atom stereocenters. The number of aliphatic carboxylic acids is 1. The Balaban J connectivity index is 2.26. The zero-order valence-corrected chi connectivity index (χ0v) is 16.5. The van der Waals surface area contributed by atoms with Crippen molar-refractivity contribution < 1.29 is 14.7 Å². The highest BCUT2D eigenvalue weighted by Gasteiger charge is 2.34. The normalized spacial score (nSPS) is 20.8. The second-order valence-corrected chi connectivity index (χ2v) is 7.49. The van der Waals surface area contributed by atoms with Crippen LogP contribution in [0, 0.1) is 6.92 Å². The highest BCUT2D eigenvalue weighted by molar-refractivity contribution is 5.98. The number of unbranched alkanes of at least 4 members (excludes halogenated alkanes) is 1. The van der Waals surface area contributed by atoms with E-state index < -0.39 is 5.97 Å². The van der Waals surface area contributed by atoms with Gasteiger partial charge in [0, 0.05) is 18.8 Å². The van der Waals surface area contributed by atoms with E-state index in [0.29, 0.717) is 17.3 Å². The van der Waals surface area contributed by atoms with E-state index in [2.05, 4.69) is 18.7 Å². The van der Waals surface area contributed by atoms with Crippen molar-refractivity contribution in [2.24, 2.45) is 0 Å². The SMILES string of the molecule is CCCCN1C(C)CCC[C@H]1C(=O)N(C)c1ccc(C)cc1CC(=O)O. The van der Waals surface area contributed by atoms with Crippen LogP contribution in [0.1, 0.15) is 57.1 Å². The molecule has 5 heteroatoms. The molecule has 26 heavy (non-hydrogen) atoms. The van der Waals surface area contributed by atoms with E-state index in [9.17, 15) is 14.7 Å². The van der Waals surface area contributed by atoms with E-state index in [-0.39, 0.29) is 18.4 Å². The average Bonchev–Trinajstić information content (AvgIpc) is 2.59. The first-order chi connectivity index (χ1) is 12.3. The number of rotatable bonds is 7. The minimum absolute atomic E-state index is 0.0724. The number of nitrogens with zero attached hydrogens (tertiary/aromatic N) is 2. The molecule has 144 valence electrons. The Morgan fingerprint density at radius 3 is 2.69 bits per heavy atom. The predicted octanol–water partition coefficient (Wildman–Crippen LogP) is 3.63. The first-order valence-electron chi connectivity index (χ1n) is 9.69. The molecule has 1 aromatic carbocycles. The Labute approximate surface area is 157 Å². The number of aryl methyl sites for hydroxylation is 1. The monoisotopic (exact) mass is 360 g/mol. The number of amides is 1. The summed E-state index contributed by atoms with van der Waals surface area (Å²) in [5.74, 6) is -0.809. The summed E-state index contributed by atoms with van der Waals surface area (Å²) in [5, 5.41) is 9.21. The number of hydrogen-bond acceptors (Lipinski definition) is 3. The molecule has 0 saturated carbocycles. The lowest BCUT2D eigenvalue weighted by molar-refractivity contribution is -0.136. The van der Waals surface area contributed by atoms with E-state index in [1.807, 2.05) is 25.1 Å². The van der Waals surface area contributed by atoms with Gasteiger partial charge in [0.2, 0.25) is 5.91 Å². The van der Waals surface area contributed by atoms with E-state index >= 15 is 0 Å². The Morgan fingerprint density at radius 2 is 2.04 bits per heavy atom. The summed E-state index contributed by atoms with van der Waals surface area (Å²) in [6, 6.07) is 5.96. The molecule has 1 amide bonds. The third kappa shape index (κ3) is 4.85. The maximum atomic E-state index is 13.3. The summed E-state index contributed by atoms with van der Waals surface area (Å²) >= 11 is 0. The molecule has 1 saturated heterocycles. The number of piperidine rings is 1. The second kappa shape index (κ2) is 9.17. The molecular formula is C21H32N2O3. The molecule has 1 fully saturated rings. The van der Waals surface area contributed by atoms with Gasteiger partial charge < -0.3 is 10.0 Å². The summed E-state index contributed by atoms with van der Waals surface area (Å²) in [7, 11) is 1.77. The molecule has 5 nitrogen and oxygen atoms in total. The molecule has 1 aliphatic heterocycles. The molecule has 0 aromatic heterocycles. The van der Waals surface area contributed by atoms with Gasteiger partial charge in [0.1, 0.15) is 0 Å². The van der Waals surface area contributed by atoms with Gasteiger partial charge in [-0.25, -0.2) is 0 Å². The lowest BCUT2D eigenvalue weighted by atomic mass is 9.94. The number of anilines is 1. The Bertz CT molecular complexity index is 644. The van der Waals surface area contributed by atoms with Crippen LogP contribution in [-0.2, 0) is 16.0 Å². The van der Waals surface area contributed by atoms with E-state index in [4.69, 9.17) is 0 Å². The highest BCUT2D eigenvalue weighted by Crippen LogP contribution is 2.28. The number of carbonyl (C=O) groups excluding carboxylic acids is 1. The molecule has 2 rings (SSSR count). The van der Waals surface area contributed by atoms with Crippen molar-refractivity contribution in [2.45, 2.75) is 71.4 Å². The fourth-order valence-electron chi connectivity index (χ4n) is 3.92. The van der Waals surface area contributed by atoms with Gasteiger partial charge in [0.25, 0.3) is 0 Å². The van der Waals surface area contributed by atoms with Crippen LogP contribution in [0.2, 0.25) is 0 Å². The average molecular weight is 360 g/mol. The van der Waals surface area contributed by atoms with Gasteiger partial charge in [-0.15, -0.1) is 0 Å². The van der Waals surface area contributed by atoms with Gasteiger partial charge in [0.05, 0.1) is 12.5 Å². The quantitative estimate of drug-likeness (QED) is 0.807. The number of likely N-dealkylation sites (N-methyl/N-ethyl adjacent to an activating group) is 1. The van der Waals surface area contributed by atoms with Crippen molar-refractivity contribution in [3.63, 3.8) is 0 Å². The second-order valence-electron chi connectivity index (χ2n) is 7.49. The van der Waals surface area contributed by atoms with E-state index in [1.165, 1.54) is 0 Å². The molecule has 0 bridgehead atoms. The zero-order chi connectivity index (χ0) is 19.3. The Morgan fingerprint density at radius 1 is 1.31 bits per heavy atom. The van der Waals surface area contributed by atoms with Crippen LogP contribution in [0.15, 0.2) is 18.2 Å².